The number of thiophene rings is 1. The summed E-state index contributed by atoms with van der Waals surface area (Å²) in [6, 6.07) is 9.45. The summed E-state index contributed by atoms with van der Waals surface area (Å²) in [5, 5.41) is 0. The number of nitrogens with one attached hydrogen (secondary N) is 1. The minimum atomic E-state index is -0.684. The third-order valence-electron chi connectivity index (χ3n) is 5.12. The molecular weight excluding hydrogens is 404 g/mol. The highest BCUT2D eigenvalue weighted by molar-refractivity contribution is 7.17. The van der Waals surface area contributed by atoms with Gasteiger partial charge in [-0.1, -0.05) is 25.5 Å². The zero-order valence-electron chi connectivity index (χ0n) is 16.7. The van der Waals surface area contributed by atoms with Gasteiger partial charge in [-0.25, -0.2) is 4.79 Å². The third-order valence-corrected chi connectivity index (χ3v) is 6.32. The van der Waals surface area contributed by atoms with E-state index in [1.165, 1.54) is 27.9 Å². The normalized spacial score (nSPS) is 12.1. The Morgan fingerprint density at radius 3 is 2.87 bits per heavy atom. The van der Waals surface area contributed by atoms with Gasteiger partial charge in [0.1, 0.15) is 18.2 Å². The maximum absolute atomic E-state index is 13.2. The van der Waals surface area contributed by atoms with E-state index in [1.807, 2.05) is 31.2 Å². The lowest BCUT2D eigenvalue weighted by Gasteiger charge is -2.19. The number of nitrogens with two attached hydrogens (primary N) is 1. The van der Waals surface area contributed by atoms with Crippen LogP contribution in [0.4, 0.5) is 11.5 Å². The molecule has 1 aliphatic rings. The van der Waals surface area contributed by atoms with Crippen molar-refractivity contribution in [2.24, 2.45) is 0 Å². The van der Waals surface area contributed by atoms with Crippen LogP contribution < -0.4 is 26.6 Å². The summed E-state index contributed by atoms with van der Waals surface area (Å²) < 4.78 is 7.06. The third kappa shape index (κ3) is 3.30. The van der Waals surface area contributed by atoms with Crippen LogP contribution in [0.3, 0.4) is 0 Å². The largest absolute Gasteiger partial charge is 0.488 e. The van der Waals surface area contributed by atoms with E-state index in [4.69, 9.17) is 10.5 Å². The summed E-state index contributed by atoms with van der Waals surface area (Å²) >= 11 is 1.35. The first-order valence-corrected chi connectivity index (χ1v) is 10.5. The standard InChI is InChI=1S/C21H22N4O4S/c1-3-4-9-25-18(22)16(19(26)23-21(25)28)24(2)20(27)15-10-12-11-29-14-8-6-5-7-13(14)17(12)30-15/h5-8,10H,3-4,9,11,22H2,1-2H3,(H,23,26,28). The number of nitrogen functional groups attached to an aromatic ring is 1. The van der Waals surface area contributed by atoms with Gasteiger partial charge in [-0.3, -0.25) is 19.1 Å². The van der Waals surface area contributed by atoms with Gasteiger partial charge in [0.2, 0.25) is 0 Å². The molecule has 156 valence electrons. The van der Waals surface area contributed by atoms with Crippen LogP contribution in [0.5, 0.6) is 5.75 Å². The quantitative estimate of drug-likeness (QED) is 0.652. The molecule has 0 bridgehead atoms. The molecule has 3 heterocycles. The Bertz CT molecular complexity index is 1240. The van der Waals surface area contributed by atoms with E-state index in [2.05, 4.69) is 4.98 Å². The summed E-state index contributed by atoms with van der Waals surface area (Å²) in [4.78, 5) is 42.7. The topological polar surface area (TPSA) is 110 Å². The van der Waals surface area contributed by atoms with Gasteiger partial charge in [-0.05, 0) is 24.6 Å². The molecule has 30 heavy (non-hydrogen) atoms. The van der Waals surface area contributed by atoms with E-state index >= 15 is 0 Å². The lowest BCUT2D eigenvalue weighted by Crippen LogP contribution is -2.39. The number of carbonyl (C=O) groups excluding carboxylic acids is 1. The van der Waals surface area contributed by atoms with Crippen LogP contribution in [-0.2, 0) is 13.2 Å². The van der Waals surface area contributed by atoms with E-state index in [0.717, 1.165) is 34.6 Å². The van der Waals surface area contributed by atoms with Gasteiger partial charge in [0, 0.05) is 29.6 Å². The summed E-state index contributed by atoms with van der Waals surface area (Å²) in [6.07, 6.45) is 1.59. The van der Waals surface area contributed by atoms with Gasteiger partial charge < -0.3 is 15.4 Å². The van der Waals surface area contributed by atoms with Gasteiger partial charge in [0.05, 0.1) is 4.88 Å². The van der Waals surface area contributed by atoms with Crippen molar-refractivity contribution < 1.29 is 9.53 Å². The van der Waals surface area contributed by atoms with Crippen molar-refractivity contribution in [3.63, 3.8) is 0 Å². The Kier molecular flexibility index (Phi) is 5.21. The summed E-state index contributed by atoms with van der Waals surface area (Å²) in [7, 11) is 1.49. The zero-order valence-corrected chi connectivity index (χ0v) is 17.5. The van der Waals surface area contributed by atoms with Crippen LogP contribution in [0.15, 0.2) is 39.9 Å². The van der Waals surface area contributed by atoms with Crippen molar-refractivity contribution in [2.75, 3.05) is 17.7 Å². The van der Waals surface area contributed by atoms with Crippen LogP contribution in [0.2, 0.25) is 0 Å². The smallest absolute Gasteiger partial charge is 0.330 e. The Morgan fingerprint density at radius 2 is 2.10 bits per heavy atom. The highest BCUT2D eigenvalue weighted by Gasteiger charge is 2.27. The van der Waals surface area contributed by atoms with Gasteiger partial charge >= 0.3 is 5.69 Å². The van der Waals surface area contributed by atoms with Crippen molar-refractivity contribution in [1.82, 2.24) is 9.55 Å². The van der Waals surface area contributed by atoms with E-state index in [1.54, 1.807) is 6.07 Å². The van der Waals surface area contributed by atoms with Crippen LogP contribution >= 0.6 is 11.3 Å². The highest BCUT2D eigenvalue weighted by atomic mass is 32.1. The molecule has 0 spiro atoms. The number of hydrogen-bond acceptors (Lipinski definition) is 6. The minimum absolute atomic E-state index is 0.0111. The van der Waals surface area contributed by atoms with Crippen LogP contribution in [0.25, 0.3) is 10.4 Å². The number of benzene rings is 1. The Labute approximate surface area is 176 Å². The molecule has 0 atom stereocenters. The van der Waals surface area contributed by atoms with Gasteiger partial charge in [-0.15, -0.1) is 11.3 Å². The molecule has 1 aromatic carbocycles. The first-order chi connectivity index (χ1) is 14.4. The number of carbonyl (C=O) groups is 1. The number of ether oxygens (including phenoxy) is 1. The van der Waals surface area contributed by atoms with Gasteiger partial charge in [0.25, 0.3) is 11.5 Å². The Hall–Kier alpha value is -3.33. The molecule has 0 fully saturated rings. The second kappa shape index (κ2) is 7.83. The summed E-state index contributed by atoms with van der Waals surface area (Å²) in [5.41, 5.74) is 6.71. The Morgan fingerprint density at radius 1 is 1.33 bits per heavy atom. The lowest BCUT2D eigenvalue weighted by molar-refractivity contribution is 0.0996. The number of anilines is 2. The number of rotatable bonds is 5. The number of aromatic nitrogens is 2. The first-order valence-electron chi connectivity index (χ1n) is 9.68. The molecule has 1 amide bonds. The number of amides is 1. The van der Waals surface area contributed by atoms with Crippen molar-refractivity contribution in [1.29, 1.82) is 0 Å². The van der Waals surface area contributed by atoms with Crippen molar-refractivity contribution in [3.8, 4) is 16.2 Å². The van der Waals surface area contributed by atoms with Crippen LogP contribution in [0, 0.1) is 0 Å². The maximum Gasteiger partial charge on any atom is 0.330 e. The zero-order chi connectivity index (χ0) is 21.4. The number of para-hydroxylation sites is 1. The molecule has 0 radical (unpaired) electrons. The average molecular weight is 426 g/mol. The van der Waals surface area contributed by atoms with E-state index in [0.29, 0.717) is 18.0 Å². The fourth-order valence-corrected chi connectivity index (χ4v) is 4.68. The number of aromatic amines is 1. The fourth-order valence-electron chi connectivity index (χ4n) is 3.51. The molecule has 0 aliphatic carbocycles. The number of fused-ring (bicyclic) bond motifs is 3. The van der Waals surface area contributed by atoms with Crippen LogP contribution in [0.1, 0.15) is 35.0 Å². The van der Waals surface area contributed by atoms with Crippen LogP contribution in [-0.4, -0.2) is 22.5 Å². The van der Waals surface area contributed by atoms with E-state index in [9.17, 15) is 14.4 Å². The van der Waals surface area contributed by atoms with E-state index < -0.39 is 11.2 Å². The van der Waals surface area contributed by atoms with Gasteiger partial charge in [-0.2, -0.15) is 0 Å². The first kappa shape index (κ1) is 20.0. The molecule has 0 unspecified atom stereocenters. The predicted octanol–water partition coefficient (Wildman–Crippen LogP) is 2.82. The highest BCUT2D eigenvalue weighted by Crippen LogP contribution is 2.42. The molecule has 0 saturated heterocycles. The predicted molar refractivity (Wildman–Crippen MR) is 117 cm³/mol. The number of H-pyrrole nitrogens is 1. The second-order valence-electron chi connectivity index (χ2n) is 7.11. The molecule has 2 aromatic heterocycles. The lowest BCUT2D eigenvalue weighted by atomic mass is 10.1. The van der Waals surface area contributed by atoms with Gasteiger partial charge in [0.15, 0.2) is 5.69 Å². The maximum atomic E-state index is 13.2. The van der Waals surface area contributed by atoms with Crippen molar-refractivity contribution in [2.45, 2.75) is 32.9 Å². The molecule has 1 aliphatic heterocycles. The summed E-state index contributed by atoms with van der Waals surface area (Å²) in [5.74, 6) is 0.399. The SMILES string of the molecule is CCCCn1c(N)c(N(C)C(=O)c2cc3c(s2)-c2ccccc2OC3)c(=O)[nH]c1=O. The average Bonchev–Trinajstić information content (AvgIpc) is 3.17. The monoisotopic (exact) mass is 426 g/mol. The van der Waals surface area contributed by atoms with Crippen molar-refractivity contribution in [3.05, 3.63) is 61.6 Å². The minimum Gasteiger partial charge on any atom is -0.488 e. The van der Waals surface area contributed by atoms with Crippen molar-refractivity contribution >= 4 is 28.7 Å². The second-order valence-corrected chi connectivity index (χ2v) is 8.16. The fraction of sp³-hybridized carbons (Fsp3) is 0.286. The molecule has 4 rings (SSSR count). The molecule has 3 aromatic rings. The summed E-state index contributed by atoms with van der Waals surface area (Å²) in [6.45, 7) is 2.74. The molecule has 9 heteroatoms. The Balaban J connectivity index is 1.72. The number of hydrogen-bond donors (Lipinski definition) is 2. The molecule has 0 saturated carbocycles. The number of nitrogens with zero attached hydrogens (tertiary/aromatic N) is 2. The number of unbranched alkanes of at least 4 members (excludes halogenated alkanes) is 1. The van der Waals surface area contributed by atoms with E-state index in [-0.39, 0.29) is 17.4 Å². The molecule has 3 N–H and O–H groups in total. The molecule has 8 nitrogen and oxygen atoms in total. The molecular formula is C21H22N4O4S.